The molecule has 104 valence electrons. The number of hydrogen-bond acceptors (Lipinski definition) is 3. The molecule has 0 atom stereocenters. The van der Waals surface area contributed by atoms with E-state index in [0.29, 0.717) is 27.4 Å². The fraction of sp³-hybridized carbons (Fsp3) is 0.143. The highest BCUT2D eigenvalue weighted by atomic mass is 79.9. The third kappa shape index (κ3) is 3.29. The molecule has 0 radical (unpaired) electrons. The molecular formula is C14H11BrClNO3. The van der Waals surface area contributed by atoms with Gasteiger partial charge in [0.05, 0.1) is 4.92 Å². The van der Waals surface area contributed by atoms with E-state index in [1.54, 1.807) is 31.2 Å². The zero-order valence-electron chi connectivity index (χ0n) is 10.6. The van der Waals surface area contributed by atoms with Gasteiger partial charge in [0, 0.05) is 22.0 Å². The van der Waals surface area contributed by atoms with Crippen molar-refractivity contribution >= 4 is 33.2 Å². The van der Waals surface area contributed by atoms with Crippen molar-refractivity contribution in [2.75, 3.05) is 0 Å². The van der Waals surface area contributed by atoms with Gasteiger partial charge in [-0.05, 0) is 36.8 Å². The quantitative estimate of drug-likeness (QED) is 0.427. The molecule has 0 N–H and O–H groups in total. The number of alkyl halides is 1. The van der Waals surface area contributed by atoms with Gasteiger partial charge in [-0.1, -0.05) is 33.6 Å². The number of halogens is 2. The summed E-state index contributed by atoms with van der Waals surface area (Å²) < 4.78 is 5.65. The van der Waals surface area contributed by atoms with Gasteiger partial charge >= 0.3 is 0 Å². The van der Waals surface area contributed by atoms with Gasteiger partial charge in [0.15, 0.2) is 0 Å². The number of aryl methyl sites for hydroxylation is 1. The molecule has 0 saturated carbocycles. The summed E-state index contributed by atoms with van der Waals surface area (Å²) in [6.07, 6.45) is 0. The summed E-state index contributed by atoms with van der Waals surface area (Å²) in [4.78, 5) is 10.3. The summed E-state index contributed by atoms with van der Waals surface area (Å²) in [5.74, 6) is 1.13. The summed E-state index contributed by atoms with van der Waals surface area (Å²) >= 11 is 9.44. The average molecular weight is 357 g/mol. The number of nitro benzene ring substituents is 1. The van der Waals surface area contributed by atoms with Crippen LogP contribution in [0.1, 0.15) is 11.1 Å². The molecule has 0 unspecified atom stereocenters. The largest absolute Gasteiger partial charge is 0.457 e. The Balaban J connectivity index is 2.24. The Morgan fingerprint density at radius 3 is 2.45 bits per heavy atom. The van der Waals surface area contributed by atoms with Crippen LogP contribution in [0.5, 0.6) is 11.5 Å². The van der Waals surface area contributed by atoms with Crippen LogP contribution in [0.15, 0.2) is 36.4 Å². The van der Waals surface area contributed by atoms with Gasteiger partial charge in [0.25, 0.3) is 5.69 Å². The Labute approximate surface area is 129 Å². The fourth-order valence-corrected chi connectivity index (χ4v) is 2.62. The molecule has 0 spiro atoms. The van der Waals surface area contributed by atoms with Crippen molar-refractivity contribution in [3.63, 3.8) is 0 Å². The van der Waals surface area contributed by atoms with Crippen molar-refractivity contribution in [2.45, 2.75) is 12.3 Å². The van der Waals surface area contributed by atoms with E-state index in [9.17, 15) is 10.1 Å². The van der Waals surface area contributed by atoms with Crippen LogP contribution in [-0.4, -0.2) is 4.92 Å². The van der Waals surface area contributed by atoms with Crippen molar-refractivity contribution < 1.29 is 9.66 Å². The average Bonchev–Trinajstić information content (AvgIpc) is 2.38. The van der Waals surface area contributed by atoms with E-state index in [0.717, 1.165) is 5.56 Å². The van der Waals surface area contributed by atoms with Gasteiger partial charge < -0.3 is 4.74 Å². The van der Waals surface area contributed by atoms with E-state index >= 15 is 0 Å². The summed E-state index contributed by atoms with van der Waals surface area (Å²) in [7, 11) is 0. The topological polar surface area (TPSA) is 52.4 Å². The predicted octanol–water partition coefficient (Wildman–Crippen LogP) is 5.24. The molecule has 0 aliphatic heterocycles. The van der Waals surface area contributed by atoms with Crippen molar-refractivity contribution in [3.8, 4) is 11.5 Å². The van der Waals surface area contributed by atoms with E-state index in [1.807, 2.05) is 6.07 Å². The Morgan fingerprint density at radius 1 is 1.25 bits per heavy atom. The summed E-state index contributed by atoms with van der Waals surface area (Å²) in [6, 6.07) is 10.0. The number of hydrogen-bond donors (Lipinski definition) is 0. The van der Waals surface area contributed by atoms with Crippen LogP contribution >= 0.6 is 27.5 Å². The fourth-order valence-electron chi connectivity index (χ4n) is 1.73. The first-order valence-electron chi connectivity index (χ1n) is 5.78. The smallest absolute Gasteiger partial charge is 0.272 e. The second kappa shape index (κ2) is 6.24. The summed E-state index contributed by atoms with van der Waals surface area (Å²) in [6.45, 7) is 1.67. The minimum absolute atomic E-state index is 0.0741. The molecular weight excluding hydrogens is 346 g/mol. The third-order valence-electron chi connectivity index (χ3n) is 2.77. The molecule has 2 aromatic carbocycles. The van der Waals surface area contributed by atoms with Crippen LogP contribution in [-0.2, 0) is 5.33 Å². The Kier molecular flexibility index (Phi) is 4.62. The van der Waals surface area contributed by atoms with E-state index in [-0.39, 0.29) is 5.69 Å². The van der Waals surface area contributed by atoms with E-state index in [2.05, 4.69) is 15.9 Å². The van der Waals surface area contributed by atoms with Crippen LogP contribution < -0.4 is 4.74 Å². The maximum atomic E-state index is 10.7. The molecule has 0 bridgehead atoms. The lowest BCUT2D eigenvalue weighted by Gasteiger charge is -2.08. The van der Waals surface area contributed by atoms with E-state index < -0.39 is 4.92 Å². The standard InChI is InChI=1S/C14H11BrClNO3/c1-9-6-11(4-5-14(9)17(18)19)20-12-3-2-10(8-15)13(16)7-12/h2-7H,8H2,1H3. The van der Waals surface area contributed by atoms with Crippen molar-refractivity contribution in [1.82, 2.24) is 0 Å². The maximum Gasteiger partial charge on any atom is 0.272 e. The first-order valence-corrected chi connectivity index (χ1v) is 7.28. The second-order valence-electron chi connectivity index (χ2n) is 4.19. The molecule has 0 aromatic heterocycles. The van der Waals surface area contributed by atoms with Gasteiger partial charge in [0.2, 0.25) is 0 Å². The Hall–Kier alpha value is -1.59. The van der Waals surface area contributed by atoms with Gasteiger partial charge in [-0.2, -0.15) is 0 Å². The summed E-state index contributed by atoms with van der Waals surface area (Å²) in [5, 5.41) is 12.0. The molecule has 0 saturated heterocycles. The normalized spacial score (nSPS) is 10.3. The zero-order chi connectivity index (χ0) is 14.7. The Bertz CT molecular complexity index is 661. The van der Waals surface area contributed by atoms with Gasteiger partial charge in [0.1, 0.15) is 11.5 Å². The van der Waals surface area contributed by atoms with E-state index in [1.165, 1.54) is 6.07 Å². The minimum Gasteiger partial charge on any atom is -0.457 e. The first-order chi connectivity index (χ1) is 9.51. The van der Waals surface area contributed by atoms with Crippen LogP contribution in [0.25, 0.3) is 0 Å². The van der Waals surface area contributed by atoms with Crippen molar-refractivity contribution in [3.05, 3.63) is 62.7 Å². The monoisotopic (exact) mass is 355 g/mol. The third-order valence-corrected chi connectivity index (χ3v) is 3.73. The molecule has 0 amide bonds. The molecule has 0 heterocycles. The molecule has 0 fully saturated rings. The first kappa shape index (κ1) is 14.8. The second-order valence-corrected chi connectivity index (χ2v) is 5.16. The lowest BCUT2D eigenvalue weighted by Crippen LogP contribution is -1.92. The summed E-state index contributed by atoms with van der Waals surface area (Å²) in [5.41, 5.74) is 1.60. The lowest BCUT2D eigenvalue weighted by atomic mass is 10.2. The number of benzene rings is 2. The number of nitrogens with zero attached hydrogens (tertiary/aromatic N) is 1. The van der Waals surface area contributed by atoms with Crippen molar-refractivity contribution in [2.24, 2.45) is 0 Å². The highest BCUT2D eigenvalue weighted by Gasteiger charge is 2.11. The van der Waals surface area contributed by atoms with Gasteiger partial charge in [-0.25, -0.2) is 0 Å². The Morgan fingerprint density at radius 2 is 1.90 bits per heavy atom. The molecule has 20 heavy (non-hydrogen) atoms. The number of rotatable bonds is 4. The van der Waals surface area contributed by atoms with Crippen molar-refractivity contribution in [1.29, 1.82) is 0 Å². The van der Waals surface area contributed by atoms with Gasteiger partial charge in [-0.15, -0.1) is 0 Å². The maximum absolute atomic E-state index is 10.7. The SMILES string of the molecule is Cc1cc(Oc2ccc(CBr)c(Cl)c2)ccc1[N+](=O)[O-]. The van der Waals surface area contributed by atoms with Crippen LogP contribution in [0.2, 0.25) is 5.02 Å². The molecule has 6 heteroatoms. The van der Waals surface area contributed by atoms with Crippen LogP contribution in [0, 0.1) is 17.0 Å². The number of ether oxygens (including phenoxy) is 1. The highest BCUT2D eigenvalue weighted by Crippen LogP contribution is 2.30. The van der Waals surface area contributed by atoms with E-state index in [4.69, 9.17) is 16.3 Å². The molecule has 2 rings (SSSR count). The van der Waals surface area contributed by atoms with Gasteiger partial charge in [-0.3, -0.25) is 10.1 Å². The van der Waals surface area contributed by atoms with Crippen LogP contribution in [0.3, 0.4) is 0 Å². The molecule has 0 aliphatic rings. The molecule has 2 aromatic rings. The molecule has 0 aliphatic carbocycles. The number of nitro groups is 1. The minimum atomic E-state index is -0.416. The lowest BCUT2D eigenvalue weighted by molar-refractivity contribution is -0.385. The zero-order valence-corrected chi connectivity index (χ0v) is 12.9. The predicted molar refractivity (Wildman–Crippen MR) is 82.0 cm³/mol. The van der Waals surface area contributed by atoms with Crippen LogP contribution in [0.4, 0.5) is 5.69 Å². The molecule has 4 nitrogen and oxygen atoms in total. The highest BCUT2D eigenvalue weighted by molar-refractivity contribution is 9.08.